The second-order valence-electron chi connectivity index (χ2n) is 8.59. The number of fused-ring (bicyclic) bond motifs is 1. The van der Waals surface area contributed by atoms with Crippen LogP contribution in [0.4, 0.5) is 0 Å². The summed E-state index contributed by atoms with van der Waals surface area (Å²) in [6, 6.07) is 14.4. The van der Waals surface area contributed by atoms with Crippen LogP contribution in [-0.2, 0) is 24.3 Å². The van der Waals surface area contributed by atoms with Crippen molar-refractivity contribution in [3.05, 3.63) is 59.2 Å². The highest BCUT2D eigenvalue weighted by atomic mass is 16.5. The number of nitrogens with one attached hydrogen (secondary N) is 1. The van der Waals surface area contributed by atoms with Crippen molar-refractivity contribution in [3.8, 4) is 11.5 Å². The summed E-state index contributed by atoms with van der Waals surface area (Å²) in [6.45, 7) is 10.7. The number of carbonyl (C=O) groups excluding carboxylic acids is 1. The minimum Gasteiger partial charge on any atom is -0.490 e. The smallest absolute Gasteiger partial charge is 0.220 e. The molecule has 0 saturated carbocycles. The normalized spacial score (nSPS) is 17.0. The second-order valence-corrected chi connectivity index (χ2v) is 8.59. The topological polar surface area (TPSA) is 54.0 Å². The van der Waals surface area contributed by atoms with E-state index in [0.29, 0.717) is 32.6 Å². The zero-order chi connectivity index (χ0) is 22.2. The quantitative estimate of drug-likeness (QED) is 0.687. The van der Waals surface area contributed by atoms with Gasteiger partial charge in [0.05, 0.1) is 13.2 Å². The van der Waals surface area contributed by atoms with Gasteiger partial charge in [-0.15, -0.1) is 0 Å². The molecule has 2 heterocycles. The lowest BCUT2D eigenvalue weighted by Gasteiger charge is -2.34. The molecule has 2 aromatic carbocycles. The number of aryl methyl sites for hydroxylation is 1. The highest BCUT2D eigenvalue weighted by Gasteiger charge is 2.17. The third-order valence-electron chi connectivity index (χ3n) is 6.35. The molecular weight excluding hydrogens is 402 g/mol. The van der Waals surface area contributed by atoms with Gasteiger partial charge in [0.15, 0.2) is 11.5 Å². The molecule has 0 aliphatic carbocycles. The second kappa shape index (κ2) is 11.3. The monoisotopic (exact) mass is 437 g/mol. The molecule has 0 bridgehead atoms. The van der Waals surface area contributed by atoms with Gasteiger partial charge in [0.2, 0.25) is 5.91 Å². The standard InChI is InChI=1S/C26H35N3O3/c1-2-28-12-14-29(15-13-28)20-23-7-4-3-6-22(23)19-27-26(30)11-9-21-8-10-24-25(18-21)32-17-5-16-31-24/h3-4,6-8,10,18H,2,5,9,11-17,19-20H2,1H3,(H,27,30). The Morgan fingerprint density at radius 1 is 0.938 bits per heavy atom. The maximum atomic E-state index is 12.5. The van der Waals surface area contributed by atoms with E-state index in [0.717, 1.165) is 62.8 Å². The van der Waals surface area contributed by atoms with Crippen LogP contribution >= 0.6 is 0 Å². The third kappa shape index (κ3) is 6.24. The molecule has 32 heavy (non-hydrogen) atoms. The Morgan fingerprint density at radius 3 is 2.44 bits per heavy atom. The molecular formula is C26H35N3O3. The van der Waals surface area contributed by atoms with E-state index < -0.39 is 0 Å². The van der Waals surface area contributed by atoms with Gasteiger partial charge >= 0.3 is 0 Å². The van der Waals surface area contributed by atoms with Gasteiger partial charge in [-0.3, -0.25) is 9.69 Å². The van der Waals surface area contributed by atoms with Crippen molar-refractivity contribution >= 4 is 5.91 Å². The first-order valence-corrected chi connectivity index (χ1v) is 11.9. The first kappa shape index (κ1) is 22.6. The number of hydrogen-bond donors (Lipinski definition) is 1. The molecule has 2 aliphatic heterocycles. The Hall–Kier alpha value is -2.57. The van der Waals surface area contributed by atoms with Gasteiger partial charge in [-0.2, -0.15) is 0 Å². The molecule has 1 fully saturated rings. The number of carbonyl (C=O) groups is 1. The SMILES string of the molecule is CCN1CCN(Cc2ccccc2CNC(=O)CCc2ccc3c(c2)OCCCO3)CC1. The van der Waals surface area contributed by atoms with Crippen molar-refractivity contribution in [2.24, 2.45) is 0 Å². The zero-order valence-electron chi connectivity index (χ0n) is 19.1. The minimum absolute atomic E-state index is 0.0727. The molecule has 0 aromatic heterocycles. The van der Waals surface area contributed by atoms with Gasteiger partial charge in [0, 0.05) is 52.1 Å². The van der Waals surface area contributed by atoms with Crippen molar-refractivity contribution in [1.82, 2.24) is 15.1 Å². The maximum Gasteiger partial charge on any atom is 0.220 e. The molecule has 2 aliphatic rings. The van der Waals surface area contributed by atoms with E-state index in [1.165, 1.54) is 11.1 Å². The summed E-state index contributed by atoms with van der Waals surface area (Å²) in [7, 11) is 0. The average molecular weight is 438 g/mol. The summed E-state index contributed by atoms with van der Waals surface area (Å²) in [5.74, 6) is 1.65. The lowest BCUT2D eigenvalue weighted by molar-refractivity contribution is -0.121. The van der Waals surface area contributed by atoms with E-state index in [2.05, 4.69) is 46.3 Å². The molecule has 6 heteroatoms. The number of nitrogens with zero attached hydrogens (tertiary/aromatic N) is 2. The summed E-state index contributed by atoms with van der Waals surface area (Å²) >= 11 is 0. The Morgan fingerprint density at radius 2 is 1.66 bits per heavy atom. The van der Waals surface area contributed by atoms with Crippen molar-refractivity contribution in [2.45, 2.75) is 39.3 Å². The van der Waals surface area contributed by atoms with E-state index in [-0.39, 0.29) is 5.91 Å². The van der Waals surface area contributed by atoms with Gasteiger partial charge in [-0.25, -0.2) is 0 Å². The molecule has 4 rings (SSSR count). The summed E-state index contributed by atoms with van der Waals surface area (Å²) < 4.78 is 11.4. The Bertz CT molecular complexity index is 894. The Labute approximate surface area is 191 Å². The molecule has 0 radical (unpaired) electrons. The van der Waals surface area contributed by atoms with Gasteiger partial charge in [-0.05, 0) is 41.8 Å². The Kier molecular flexibility index (Phi) is 8.02. The molecule has 172 valence electrons. The van der Waals surface area contributed by atoms with Crippen LogP contribution in [-0.4, -0.2) is 61.6 Å². The van der Waals surface area contributed by atoms with Crippen LogP contribution in [0.3, 0.4) is 0 Å². The van der Waals surface area contributed by atoms with Crippen LogP contribution in [0, 0.1) is 0 Å². The molecule has 6 nitrogen and oxygen atoms in total. The lowest BCUT2D eigenvalue weighted by atomic mass is 10.1. The first-order valence-electron chi connectivity index (χ1n) is 11.9. The fourth-order valence-corrected chi connectivity index (χ4v) is 4.29. The number of amides is 1. The van der Waals surface area contributed by atoms with E-state index >= 15 is 0 Å². The highest BCUT2D eigenvalue weighted by Crippen LogP contribution is 2.30. The molecule has 1 amide bonds. The summed E-state index contributed by atoms with van der Waals surface area (Å²) in [6.07, 6.45) is 2.04. The molecule has 1 N–H and O–H groups in total. The third-order valence-corrected chi connectivity index (χ3v) is 6.35. The summed E-state index contributed by atoms with van der Waals surface area (Å²) in [5.41, 5.74) is 3.60. The van der Waals surface area contributed by atoms with Gasteiger partial charge in [0.25, 0.3) is 0 Å². The van der Waals surface area contributed by atoms with E-state index in [1.54, 1.807) is 0 Å². The largest absolute Gasteiger partial charge is 0.490 e. The summed E-state index contributed by atoms with van der Waals surface area (Å²) in [4.78, 5) is 17.5. The van der Waals surface area contributed by atoms with Crippen molar-refractivity contribution in [2.75, 3.05) is 45.9 Å². The number of piperazine rings is 1. The van der Waals surface area contributed by atoms with Gasteiger partial charge in [0.1, 0.15) is 0 Å². The van der Waals surface area contributed by atoms with Crippen LogP contribution in [0.25, 0.3) is 0 Å². The lowest BCUT2D eigenvalue weighted by Crippen LogP contribution is -2.45. The number of hydrogen-bond acceptors (Lipinski definition) is 5. The van der Waals surface area contributed by atoms with Crippen LogP contribution in [0.1, 0.15) is 36.5 Å². The van der Waals surface area contributed by atoms with Gasteiger partial charge in [-0.1, -0.05) is 37.3 Å². The van der Waals surface area contributed by atoms with E-state index in [9.17, 15) is 4.79 Å². The Balaban J connectivity index is 1.26. The molecule has 0 unspecified atom stereocenters. The van der Waals surface area contributed by atoms with E-state index in [1.807, 2.05) is 18.2 Å². The maximum absolute atomic E-state index is 12.5. The fraction of sp³-hybridized carbons (Fsp3) is 0.500. The van der Waals surface area contributed by atoms with Crippen LogP contribution in [0.15, 0.2) is 42.5 Å². The first-order chi connectivity index (χ1) is 15.7. The number of benzene rings is 2. The van der Waals surface area contributed by atoms with Gasteiger partial charge < -0.3 is 19.7 Å². The van der Waals surface area contributed by atoms with Crippen molar-refractivity contribution in [1.29, 1.82) is 0 Å². The molecule has 1 saturated heterocycles. The zero-order valence-corrected chi connectivity index (χ0v) is 19.1. The summed E-state index contributed by atoms with van der Waals surface area (Å²) in [5, 5.41) is 3.11. The van der Waals surface area contributed by atoms with Crippen LogP contribution in [0.5, 0.6) is 11.5 Å². The number of rotatable bonds is 8. The van der Waals surface area contributed by atoms with E-state index in [4.69, 9.17) is 9.47 Å². The fourth-order valence-electron chi connectivity index (χ4n) is 4.29. The van der Waals surface area contributed by atoms with Crippen LogP contribution in [0.2, 0.25) is 0 Å². The predicted molar refractivity (Wildman–Crippen MR) is 126 cm³/mol. The minimum atomic E-state index is 0.0727. The molecule has 2 aromatic rings. The predicted octanol–water partition coefficient (Wildman–Crippen LogP) is 3.23. The molecule has 0 atom stereocenters. The average Bonchev–Trinajstić information content (AvgIpc) is 3.08. The molecule has 0 spiro atoms. The highest BCUT2D eigenvalue weighted by molar-refractivity contribution is 5.76. The number of likely N-dealkylation sites (N-methyl/N-ethyl adjacent to an activating group) is 1. The van der Waals surface area contributed by atoms with Crippen LogP contribution < -0.4 is 14.8 Å². The number of ether oxygens (including phenoxy) is 2. The van der Waals surface area contributed by atoms with Crippen molar-refractivity contribution in [3.63, 3.8) is 0 Å². The van der Waals surface area contributed by atoms with Crippen molar-refractivity contribution < 1.29 is 14.3 Å².